The van der Waals surface area contributed by atoms with Crippen molar-refractivity contribution in [3.63, 3.8) is 0 Å². The van der Waals surface area contributed by atoms with Crippen LogP contribution in [0.1, 0.15) is 12.5 Å². The van der Waals surface area contributed by atoms with Crippen LogP contribution < -0.4 is 5.32 Å². The number of ether oxygens (including phenoxy) is 1. The molecule has 0 spiro atoms. The van der Waals surface area contributed by atoms with E-state index in [0.717, 1.165) is 0 Å². The Hall–Kier alpha value is -1.13. The first-order chi connectivity index (χ1) is 7.54. The molecule has 1 aromatic rings. The Morgan fingerprint density at radius 1 is 1.44 bits per heavy atom. The van der Waals surface area contributed by atoms with Gasteiger partial charge in [0.15, 0.2) is 0 Å². The molecule has 16 heavy (non-hydrogen) atoms. The average molecular weight is 264 g/mol. The Labute approximate surface area is 103 Å². The number of carbonyl (C=O) groups is 1. The van der Waals surface area contributed by atoms with Gasteiger partial charge in [0, 0.05) is 18.2 Å². The maximum absolute atomic E-state index is 11.0. The highest BCUT2D eigenvalue weighted by atomic mass is 35.5. The van der Waals surface area contributed by atoms with Gasteiger partial charge in [-0.3, -0.25) is 0 Å². The summed E-state index contributed by atoms with van der Waals surface area (Å²) >= 11 is 11.5. The Balaban J connectivity index is 2.67. The number of halogens is 2. The van der Waals surface area contributed by atoms with Gasteiger partial charge < -0.3 is 15.2 Å². The minimum atomic E-state index is -0.548. The lowest BCUT2D eigenvalue weighted by Crippen LogP contribution is -2.23. The van der Waals surface area contributed by atoms with E-state index >= 15 is 0 Å². The van der Waals surface area contributed by atoms with Crippen LogP contribution in [0.15, 0.2) is 12.1 Å². The second-order valence-electron chi connectivity index (χ2n) is 2.97. The topological polar surface area (TPSA) is 58.6 Å². The van der Waals surface area contributed by atoms with Crippen molar-refractivity contribution < 1.29 is 14.6 Å². The number of alkyl carbamates (subject to hydrolysis) is 1. The van der Waals surface area contributed by atoms with Crippen LogP contribution in [0.3, 0.4) is 0 Å². The summed E-state index contributed by atoms with van der Waals surface area (Å²) in [6.07, 6.45) is -0.548. The minimum absolute atomic E-state index is 0.0220. The van der Waals surface area contributed by atoms with Crippen molar-refractivity contribution >= 4 is 29.3 Å². The van der Waals surface area contributed by atoms with E-state index < -0.39 is 6.09 Å². The number of phenolic OH excluding ortho intramolecular Hbond substituents is 1. The summed E-state index contributed by atoms with van der Waals surface area (Å²) in [6.45, 7) is 2.12. The SMILES string of the molecule is CCOC(=O)NCc1cc(Cl)c(Cl)cc1O. The van der Waals surface area contributed by atoms with Crippen LogP contribution in [0.25, 0.3) is 0 Å². The van der Waals surface area contributed by atoms with Crippen molar-refractivity contribution in [2.45, 2.75) is 13.5 Å². The van der Waals surface area contributed by atoms with Gasteiger partial charge in [0.2, 0.25) is 0 Å². The predicted molar refractivity (Wildman–Crippen MR) is 62.0 cm³/mol. The zero-order chi connectivity index (χ0) is 12.1. The highest BCUT2D eigenvalue weighted by Crippen LogP contribution is 2.29. The van der Waals surface area contributed by atoms with Gasteiger partial charge in [0.1, 0.15) is 5.75 Å². The van der Waals surface area contributed by atoms with Gasteiger partial charge >= 0.3 is 6.09 Å². The maximum atomic E-state index is 11.0. The zero-order valence-electron chi connectivity index (χ0n) is 8.59. The lowest BCUT2D eigenvalue weighted by Gasteiger charge is -2.08. The van der Waals surface area contributed by atoms with E-state index in [2.05, 4.69) is 10.1 Å². The normalized spacial score (nSPS) is 9.94. The van der Waals surface area contributed by atoms with Gasteiger partial charge in [-0.1, -0.05) is 23.2 Å². The number of phenols is 1. The molecule has 0 fully saturated rings. The number of nitrogens with one attached hydrogen (secondary N) is 1. The minimum Gasteiger partial charge on any atom is -0.508 e. The third-order valence-electron chi connectivity index (χ3n) is 1.82. The van der Waals surface area contributed by atoms with Crippen LogP contribution in [-0.2, 0) is 11.3 Å². The number of hydrogen-bond acceptors (Lipinski definition) is 3. The van der Waals surface area contributed by atoms with E-state index in [1.54, 1.807) is 6.92 Å². The lowest BCUT2D eigenvalue weighted by molar-refractivity contribution is 0.151. The standard InChI is InChI=1S/C10H11Cl2NO3/c1-2-16-10(15)13-5-6-3-7(11)8(12)4-9(6)14/h3-4,14H,2,5H2,1H3,(H,13,15). The Bertz CT molecular complexity index is 396. The zero-order valence-corrected chi connectivity index (χ0v) is 10.1. The van der Waals surface area contributed by atoms with Crippen LogP contribution in [0.5, 0.6) is 5.75 Å². The third-order valence-corrected chi connectivity index (χ3v) is 2.54. The second kappa shape index (κ2) is 5.82. The summed E-state index contributed by atoms with van der Waals surface area (Å²) in [5.41, 5.74) is 0.474. The summed E-state index contributed by atoms with van der Waals surface area (Å²) in [6, 6.07) is 2.82. The molecule has 0 aromatic heterocycles. The first-order valence-corrected chi connectivity index (χ1v) is 5.37. The molecule has 0 heterocycles. The Kier molecular flexibility index (Phi) is 4.71. The van der Waals surface area contributed by atoms with Crippen molar-refractivity contribution in [3.8, 4) is 5.75 Å². The van der Waals surface area contributed by atoms with Gasteiger partial charge in [-0.15, -0.1) is 0 Å². The Morgan fingerprint density at radius 3 is 2.69 bits per heavy atom. The first kappa shape index (κ1) is 12.9. The van der Waals surface area contributed by atoms with Crippen molar-refractivity contribution in [3.05, 3.63) is 27.7 Å². The molecule has 0 aliphatic heterocycles. The van der Waals surface area contributed by atoms with Crippen LogP contribution in [0.2, 0.25) is 10.0 Å². The van der Waals surface area contributed by atoms with Crippen molar-refractivity contribution in [2.24, 2.45) is 0 Å². The monoisotopic (exact) mass is 263 g/mol. The van der Waals surface area contributed by atoms with Gasteiger partial charge in [-0.25, -0.2) is 4.79 Å². The highest BCUT2D eigenvalue weighted by Gasteiger charge is 2.08. The van der Waals surface area contributed by atoms with E-state index in [9.17, 15) is 9.90 Å². The molecular formula is C10H11Cl2NO3. The number of aromatic hydroxyl groups is 1. The van der Waals surface area contributed by atoms with Gasteiger partial charge in [0.05, 0.1) is 16.7 Å². The maximum Gasteiger partial charge on any atom is 0.407 e. The molecule has 0 saturated heterocycles. The quantitative estimate of drug-likeness (QED) is 0.882. The number of benzene rings is 1. The molecule has 1 aromatic carbocycles. The summed E-state index contributed by atoms with van der Waals surface area (Å²) in [7, 11) is 0. The first-order valence-electron chi connectivity index (χ1n) is 4.62. The fourth-order valence-corrected chi connectivity index (χ4v) is 1.41. The third kappa shape index (κ3) is 3.47. The van der Waals surface area contributed by atoms with Crippen LogP contribution >= 0.6 is 23.2 Å². The molecule has 4 nitrogen and oxygen atoms in total. The molecule has 1 rings (SSSR count). The number of amides is 1. The molecule has 0 atom stereocenters. The number of hydrogen-bond donors (Lipinski definition) is 2. The molecule has 0 saturated carbocycles. The molecule has 1 amide bonds. The summed E-state index contributed by atoms with van der Waals surface area (Å²) in [4.78, 5) is 11.0. The van der Waals surface area contributed by atoms with Gasteiger partial charge in [-0.2, -0.15) is 0 Å². The summed E-state index contributed by atoms with van der Waals surface area (Å²) in [5.74, 6) is -0.0220. The molecule has 0 aliphatic rings. The Morgan fingerprint density at radius 2 is 2.06 bits per heavy atom. The highest BCUT2D eigenvalue weighted by molar-refractivity contribution is 6.42. The molecule has 0 radical (unpaired) electrons. The van der Waals surface area contributed by atoms with Gasteiger partial charge in [0.25, 0.3) is 0 Å². The van der Waals surface area contributed by atoms with E-state index in [0.29, 0.717) is 17.2 Å². The molecule has 0 unspecified atom stereocenters. The molecule has 0 aliphatic carbocycles. The number of rotatable bonds is 3. The molecule has 6 heteroatoms. The largest absolute Gasteiger partial charge is 0.508 e. The smallest absolute Gasteiger partial charge is 0.407 e. The lowest BCUT2D eigenvalue weighted by atomic mass is 10.2. The van der Waals surface area contributed by atoms with Crippen LogP contribution in [0.4, 0.5) is 4.79 Å². The molecular weight excluding hydrogens is 253 g/mol. The van der Waals surface area contributed by atoms with E-state index in [1.165, 1.54) is 12.1 Å². The predicted octanol–water partition coefficient (Wildman–Crippen LogP) is 2.95. The fourth-order valence-electron chi connectivity index (χ4n) is 1.07. The van der Waals surface area contributed by atoms with Crippen LogP contribution in [0, 0.1) is 0 Å². The molecule has 88 valence electrons. The average Bonchev–Trinajstić information content (AvgIpc) is 2.22. The number of carbonyl (C=O) groups excluding carboxylic acids is 1. The van der Waals surface area contributed by atoms with Crippen molar-refractivity contribution in [1.82, 2.24) is 5.32 Å². The fraction of sp³-hybridized carbons (Fsp3) is 0.300. The van der Waals surface area contributed by atoms with Crippen LogP contribution in [-0.4, -0.2) is 17.8 Å². The summed E-state index contributed by atoms with van der Waals surface area (Å²) < 4.78 is 4.67. The molecule has 2 N–H and O–H groups in total. The summed E-state index contributed by atoms with van der Waals surface area (Å²) in [5, 5.41) is 12.6. The van der Waals surface area contributed by atoms with E-state index in [4.69, 9.17) is 23.2 Å². The van der Waals surface area contributed by atoms with Gasteiger partial charge in [-0.05, 0) is 13.0 Å². The van der Waals surface area contributed by atoms with Crippen molar-refractivity contribution in [1.29, 1.82) is 0 Å². The molecule has 0 bridgehead atoms. The van der Waals surface area contributed by atoms with E-state index in [-0.39, 0.29) is 17.3 Å². The van der Waals surface area contributed by atoms with Crippen molar-refractivity contribution in [2.75, 3.05) is 6.61 Å². The second-order valence-corrected chi connectivity index (χ2v) is 3.78. The van der Waals surface area contributed by atoms with E-state index in [1.807, 2.05) is 0 Å².